The molecule has 0 unspecified atom stereocenters. The normalized spacial score (nSPS) is 10.4. The molecule has 0 bridgehead atoms. The van der Waals surface area contributed by atoms with Crippen molar-refractivity contribution in [1.29, 1.82) is 0 Å². The zero-order valence-corrected chi connectivity index (χ0v) is 11.8. The molecule has 0 radical (unpaired) electrons. The molecule has 0 spiro atoms. The Hall–Kier alpha value is -2.36. The first kappa shape index (κ1) is 14.1. The van der Waals surface area contributed by atoms with E-state index in [1.807, 2.05) is 24.3 Å². The number of benzene rings is 1. The Kier molecular flexibility index (Phi) is 4.35. The third-order valence-corrected chi connectivity index (χ3v) is 2.91. The van der Waals surface area contributed by atoms with E-state index in [0.717, 1.165) is 11.3 Å². The van der Waals surface area contributed by atoms with Gasteiger partial charge in [-0.15, -0.1) is 0 Å². The summed E-state index contributed by atoms with van der Waals surface area (Å²) in [7, 11) is 1.34. The molecule has 1 heterocycles. The van der Waals surface area contributed by atoms with Crippen molar-refractivity contribution < 1.29 is 14.3 Å². The number of carbonyl (C=O) groups excluding carboxylic acids is 1. The van der Waals surface area contributed by atoms with Crippen LogP contribution < -0.4 is 4.74 Å². The van der Waals surface area contributed by atoms with E-state index >= 15 is 0 Å². The maximum Gasteiger partial charge on any atom is 0.338 e. The van der Waals surface area contributed by atoms with Gasteiger partial charge in [0.25, 0.3) is 0 Å². The lowest BCUT2D eigenvalue weighted by molar-refractivity contribution is 0.0600. The first-order valence-corrected chi connectivity index (χ1v) is 6.43. The highest BCUT2D eigenvalue weighted by Crippen LogP contribution is 2.29. The van der Waals surface area contributed by atoms with Gasteiger partial charge in [-0.2, -0.15) is 0 Å². The molecule has 1 aromatic heterocycles. The highest BCUT2D eigenvalue weighted by molar-refractivity contribution is 5.89. The summed E-state index contributed by atoms with van der Waals surface area (Å²) < 4.78 is 10.5. The van der Waals surface area contributed by atoms with Crippen LogP contribution in [0.4, 0.5) is 0 Å². The van der Waals surface area contributed by atoms with Crippen molar-refractivity contribution in [3.63, 3.8) is 0 Å². The van der Waals surface area contributed by atoms with Crippen LogP contribution in [-0.2, 0) is 4.74 Å². The van der Waals surface area contributed by atoms with Crippen molar-refractivity contribution in [2.24, 2.45) is 0 Å². The minimum absolute atomic E-state index is 0.343. The van der Waals surface area contributed by atoms with Gasteiger partial charge in [-0.3, -0.25) is 0 Å². The number of pyridine rings is 1. The second-order valence-corrected chi connectivity index (χ2v) is 4.67. The fourth-order valence-corrected chi connectivity index (χ4v) is 1.87. The predicted molar refractivity (Wildman–Crippen MR) is 76.2 cm³/mol. The Morgan fingerprint density at radius 2 is 1.95 bits per heavy atom. The SMILES string of the molecule is COC(=O)c1ccnc(Oc2ccccc2C(C)C)c1. The average molecular weight is 271 g/mol. The van der Waals surface area contributed by atoms with Gasteiger partial charge in [0.2, 0.25) is 5.88 Å². The molecule has 0 aliphatic rings. The average Bonchev–Trinajstić information content (AvgIpc) is 2.47. The molecule has 0 saturated heterocycles. The van der Waals surface area contributed by atoms with E-state index in [9.17, 15) is 4.79 Å². The Bertz CT molecular complexity index is 608. The summed E-state index contributed by atoms with van der Waals surface area (Å²) >= 11 is 0. The van der Waals surface area contributed by atoms with Crippen LogP contribution in [0.3, 0.4) is 0 Å². The lowest BCUT2D eigenvalue weighted by atomic mass is 10.0. The Morgan fingerprint density at radius 3 is 2.65 bits per heavy atom. The number of esters is 1. The molecule has 0 saturated carbocycles. The second kappa shape index (κ2) is 6.19. The van der Waals surface area contributed by atoms with Crippen molar-refractivity contribution in [1.82, 2.24) is 4.98 Å². The van der Waals surface area contributed by atoms with E-state index in [1.54, 1.807) is 12.1 Å². The summed E-state index contributed by atoms with van der Waals surface area (Å²) in [4.78, 5) is 15.6. The van der Waals surface area contributed by atoms with E-state index < -0.39 is 5.97 Å². The molecule has 2 aromatic rings. The van der Waals surface area contributed by atoms with Crippen molar-refractivity contribution in [2.75, 3.05) is 7.11 Å². The van der Waals surface area contributed by atoms with Crippen LogP contribution in [0, 0.1) is 0 Å². The van der Waals surface area contributed by atoms with Gasteiger partial charge in [0.1, 0.15) is 5.75 Å². The molecule has 4 heteroatoms. The molecule has 0 aliphatic heterocycles. The van der Waals surface area contributed by atoms with Crippen molar-refractivity contribution in [3.05, 3.63) is 53.7 Å². The zero-order chi connectivity index (χ0) is 14.5. The maximum atomic E-state index is 11.5. The Balaban J connectivity index is 2.29. The second-order valence-electron chi connectivity index (χ2n) is 4.67. The number of carbonyl (C=O) groups is 1. The van der Waals surface area contributed by atoms with Crippen LogP contribution in [0.2, 0.25) is 0 Å². The topological polar surface area (TPSA) is 48.4 Å². The summed E-state index contributed by atoms with van der Waals surface area (Å²) in [5.41, 5.74) is 1.51. The monoisotopic (exact) mass is 271 g/mol. The predicted octanol–water partition coefficient (Wildman–Crippen LogP) is 3.78. The molecule has 0 aliphatic carbocycles. The van der Waals surface area contributed by atoms with Gasteiger partial charge in [0.05, 0.1) is 12.7 Å². The Labute approximate surface area is 118 Å². The molecule has 1 aromatic carbocycles. The van der Waals surface area contributed by atoms with Gasteiger partial charge >= 0.3 is 5.97 Å². The van der Waals surface area contributed by atoms with E-state index in [1.165, 1.54) is 13.3 Å². The minimum Gasteiger partial charge on any atom is -0.465 e. The number of ether oxygens (including phenoxy) is 2. The number of hydrogen-bond acceptors (Lipinski definition) is 4. The van der Waals surface area contributed by atoms with Crippen LogP contribution in [0.5, 0.6) is 11.6 Å². The van der Waals surface area contributed by atoms with Gasteiger partial charge in [-0.25, -0.2) is 9.78 Å². The van der Waals surface area contributed by atoms with E-state index in [-0.39, 0.29) is 0 Å². The van der Waals surface area contributed by atoms with E-state index in [2.05, 4.69) is 23.6 Å². The molecule has 0 atom stereocenters. The number of hydrogen-bond donors (Lipinski definition) is 0. The first-order chi connectivity index (χ1) is 9.61. The fourth-order valence-electron chi connectivity index (χ4n) is 1.87. The summed E-state index contributed by atoms with van der Waals surface area (Å²) in [6.45, 7) is 4.20. The highest BCUT2D eigenvalue weighted by atomic mass is 16.5. The van der Waals surface area contributed by atoms with Crippen molar-refractivity contribution in [2.45, 2.75) is 19.8 Å². The van der Waals surface area contributed by atoms with E-state index in [0.29, 0.717) is 17.4 Å². The molecule has 4 nitrogen and oxygen atoms in total. The molecule has 0 fully saturated rings. The van der Waals surface area contributed by atoms with Crippen LogP contribution in [-0.4, -0.2) is 18.1 Å². The molecular formula is C16H17NO3. The fraction of sp³-hybridized carbons (Fsp3) is 0.250. The van der Waals surface area contributed by atoms with Gasteiger partial charge in [-0.1, -0.05) is 32.0 Å². The summed E-state index contributed by atoms with van der Waals surface area (Å²) in [5.74, 6) is 1.06. The largest absolute Gasteiger partial charge is 0.465 e. The molecule has 2 rings (SSSR count). The van der Waals surface area contributed by atoms with Crippen LogP contribution >= 0.6 is 0 Å². The van der Waals surface area contributed by atoms with Crippen molar-refractivity contribution in [3.8, 4) is 11.6 Å². The molecule has 20 heavy (non-hydrogen) atoms. The lowest BCUT2D eigenvalue weighted by Crippen LogP contribution is -2.02. The number of nitrogens with zero attached hydrogens (tertiary/aromatic N) is 1. The molecular weight excluding hydrogens is 254 g/mol. The van der Waals surface area contributed by atoms with Crippen LogP contribution in [0.25, 0.3) is 0 Å². The van der Waals surface area contributed by atoms with Gasteiger partial charge in [0, 0.05) is 12.3 Å². The third-order valence-electron chi connectivity index (χ3n) is 2.91. The minimum atomic E-state index is -0.408. The third kappa shape index (κ3) is 3.15. The summed E-state index contributed by atoms with van der Waals surface area (Å²) in [6, 6.07) is 11.0. The molecule has 0 N–H and O–H groups in total. The maximum absolute atomic E-state index is 11.5. The standard InChI is InChI=1S/C16H17NO3/c1-11(2)13-6-4-5-7-14(13)20-15-10-12(8-9-17-15)16(18)19-3/h4-11H,1-3H3. The highest BCUT2D eigenvalue weighted by Gasteiger charge is 2.11. The molecule has 0 amide bonds. The summed E-state index contributed by atoms with van der Waals surface area (Å²) in [6.07, 6.45) is 1.53. The van der Waals surface area contributed by atoms with Gasteiger partial charge < -0.3 is 9.47 Å². The summed E-state index contributed by atoms with van der Waals surface area (Å²) in [5, 5.41) is 0. The number of rotatable bonds is 4. The number of para-hydroxylation sites is 1. The lowest BCUT2D eigenvalue weighted by Gasteiger charge is -2.13. The van der Waals surface area contributed by atoms with Crippen molar-refractivity contribution >= 4 is 5.97 Å². The number of aromatic nitrogens is 1. The molecule has 104 valence electrons. The van der Waals surface area contributed by atoms with E-state index in [4.69, 9.17) is 4.74 Å². The van der Waals surface area contributed by atoms with Crippen LogP contribution in [0.1, 0.15) is 35.7 Å². The Morgan fingerprint density at radius 1 is 1.20 bits per heavy atom. The van der Waals surface area contributed by atoms with Crippen LogP contribution in [0.15, 0.2) is 42.6 Å². The zero-order valence-electron chi connectivity index (χ0n) is 11.8. The first-order valence-electron chi connectivity index (χ1n) is 6.43. The smallest absolute Gasteiger partial charge is 0.338 e. The van der Waals surface area contributed by atoms with Gasteiger partial charge in [-0.05, 0) is 23.6 Å². The number of methoxy groups -OCH3 is 1. The van der Waals surface area contributed by atoms with Gasteiger partial charge in [0.15, 0.2) is 0 Å². The quantitative estimate of drug-likeness (QED) is 0.794.